The molecule has 0 aromatic heterocycles. The molecule has 2 aromatic carbocycles. The SMILES string of the molecule is NC12CCC(OS(=O)(=O)c3ccc(Cl)cc3)C1c1cccc(OCC(=O)O)c1O2. The van der Waals surface area contributed by atoms with Crippen LogP contribution in [0.3, 0.4) is 0 Å². The van der Waals surface area contributed by atoms with Gasteiger partial charge in [-0.1, -0.05) is 23.7 Å². The Morgan fingerprint density at radius 1 is 1.28 bits per heavy atom. The van der Waals surface area contributed by atoms with Crippen LogP contribution in [0, 0.1) is 0 Å². The predicted octanol–water partition coefficient (Wildman–Crippen LogP) is 2.50. The van der Waals surface area contributed by atoms with Crippen molar-refractivity contribution in [3.05, 3.63) is 53.1 Å². The number of para-hydroxylation sites is 1. The molecule has 1 heterocycles. The minimum Gasteiger partial charge on any atom is -0.479 e. The highest BCUT2D eigenvalue weighted by molar-refractivity contribution is 7.86. The maximum Gasteiger partial charge on any atom is 0.341 e. The number of nitrogens with two attached hydrogens (primary N) is 1. The quantitative estimate of drug-likeness (QED) is 0.657. The Labute approximate surface area is 172 Å². The molecule has 3 atom stereocenters. The average molecular weight is 440 g/mol. The second kappa shape index (κ2) is 7.17. The molecule has 1 aliphatic heterocycles. The number of ether oxygens (including phenoxy) is 2. The van der Waals surface area contributed by atoms with Gasteiger partial charge in [0.25, 0.3) is 10.1 Å². The van der Waals surface area contributed by atoms with Crippen molar-refractivity contribution in [3.8, 4) is 11.5 Å². The molecule has 2 aliphatic rings. The standard InChI is InChI=1S/C19H18ClNO7S/c20-11-4-6-12(7-5-11)29(24,25)28-14-8-9-19(21)17(14)13-2-1-3-15(18(13)27-19)26-10-16(22)23/h1-7,14,17H,8-10,21H2,(H,22,23). The number of fused-ring (bicyclic) bond motifs is 3. The molecule has 1 fully saturated rings. The van der Waals surface area contributed by atoms with Crippen LogP contribution in [-0.4, -0.2) is 37.9 Å². The third-order valence-electron chi connectivity index (χ3n) is 5.06. The topological polar surface area (TPSA) is 125 Å². The first-order valence-corrected chi connectivity index (χ1v) is 10.6. The van der Waals surface area contributed by atoms with Crippen LogP contribution in [-0.2, 0) is 19.1 Å². The fraction of sp³-hybridized carbons (Fsp3) is 0.316. The van der Waals surface area contributed by atoms with E-state index in [4.69, 9.17) is 36.1 Å². The molecular formula is C19H18ClNO7S. The van der Waals surface area contributed by atoms with E-state index in [0.29, 0.717) is 29.2 Å². The first-order valence-electron chi connectivity index (χ1n) is 8.84. The lowest BCUT2D eigenvalue weighted by Crippen LogP contribution is -2.46. The molecule has 3 unspecified atom stereocenters. The van der Waals surface area contributed by atoms with Crippen LogP contribution < -0.4 is 15.2 Å². The minimum atomic E-state index is -4.04. The summed E-state index contributed by atoms with van der Waals surface area (Å²) in [5, 5.41) is 9.26. The fourth-order valence-electron chi connectivity index (χ4n) is 3.84. The lowest BCUT2D eigenvalue weighted by atomic mass is 9.92. The second-order valence-electron chi connectivity index (χ2n) is 6.97. The van der Waals surface area contributed by atoms with Gasteiger partial charge in [-0.2, -0.15) is 8.42 Å². The molecule has 0 amide bonds. The molecule has 0 spiro atoms. The van der Waals surface area contributed by atoms with E-state index in [1.54, 1.807) is 18.2 Å². The van der Waals surface area contributed by atoms with Gasteiger partial charge < -0.3 is 14.6 Å². The Balaban J connectivity index is 1.63. The van der Waals surface area contributed by atoms with Gasteiger partial charge in [-0.15, -0.1) is 0 Å². The number of carbonyl (C=O) groups is 1. The van der Waals surface area contributed by atoms with Crippen LogP contribution in [0.5, 0.6) is 11.5 Å². The summed E-state index contributed by atoms with van der Waals surface area (Å²) >= 11 is 5.82. The molecule has 8 nitrogen and oxygen atoms in total. The summed E-state index contributed by atoms with van der Waals surface area (Å²) in [5.41, 5.74) is 5.89. The lowest BCUT2D eigenvalue weighted by molar-refractivity contribution is -0.139. The second-order valence-corrected chi connectivity index (χ2v) is 8.98. The molecule has 3 N–H and O–H groups in total. The van der Waals surface area contributed by atoms with Crippen molar-refractivity contribution in [2.45, 2.75) is 35.5 Å². The van der Waals surface area contributed by atoms with Crippen molar-refractivity contribution in [2.24, 2.45) is 5.73 Å². The molecule has 29 heavy (non-hydrogen) atoms. The maximum atomic E-state index is 12.7. The summed E-state index contributed by atoms with van der Waals surface area (Å²) in [6.07, 6.45) is 0.00995. The van der Waals surface area contributed by atoms with Crippen LogP contribution in [0.15, 0.2) is 47.4 Å². The Bertz CT molecular complexity index is 1060. The van der Waals surface area contributed by atoms with Crippen molar-refractivity contribution in [2.75, 3.05) is 6.61 Å². The Morgan fingerprint density at radius 3 is 2.69 bits per heavy atom. The Kier molecular flexibility index (Phi) is 4.94. The van der Waals surface area contributed by atoms with E-state index < -0.39 is 40.4 Å². The van der Waals surface area contributed by atoms with Gasteiger partial charge in [0.2, 0.25) is 0 Å². The summed E-state index contributed by atoms with van der Waals surface area (Å²) in [4.78, 5) is 10.8. The monoisotopic (exact) mass is 439 g/mol. The largest absolute Gasteiger partial charge is 0.479 e. The average Bonchev–Trinajstić information content (AvgIpc) is 3.13. The fourth-order valence-corrected chi connectivity index (χ4v) is 5.08. The van der Waals surface area contributed by atoms with E-state index >= 15 is 0 Å². The number of halogens is 1. The number of carboxylic acid groups (broad SMARTS) is 1. The molecule has 4 rings (SSSR count). The highest BCUT2D eigenvalue weighted by Crippen LogP contribution is 2.55. The first-order chi connectivity index (χ1) is 13.7. The normalized spacial score (nSPS) is 25.2. The van der Waals surface area contributed by atoms with Crippen molar-refractivity contribution < 1.29 is 32.0 Å². The maximum absolute atomic E-state index is 12.7. The van der Waals surface area contributed by atoms with Gasteiger partial charge in [0.1, 0.15) is 0 Å². The molecule has 10 heteroatoms. The van der Waals surface area contributed by atoms with Crippen LogP contribution in [0.2, 0.25) is 5.02 Å². The Morgan fingerprint density at radius 2 is 2.00 bits per heavy atom. The lowest BCUT2D eigenvalue weighted by Gasteiger charge is -2.25. The summed E-state index contributed by atoms with van der Waals surface area (Å²) < 4.78 is 42.2. The molecule has 1 aliphatic carbocycles. The zero-order valence-corrected chi connectivity index (χ0v) is 16.7. The van der Waals surface area contributed by atoms with E-state index in [1.165, 1.54) is 24.3 Å². The van der Waals surface area contributed by atoms with E-state index in [2.05, 4.69) is 0 Å². The van der Waals surface area contributed by atoms with Gasteiger partial charge in [-0.25, -0.2) is 4.79 Å². The molecule has 1 saturated carbocycles. The molecule has 2 aromatic rings. The number of hydrogen-bond donors (Lipinski definition) is 2. The van der Waals surface area contributed by atoms with Crippen molar-refractivity contribution >= 4 is 27.7 Å². The number of aliphatic carboxylic acids is 1. The summed E-state index contributed by atoms with van der Waals surface area (Å²) in [6.45, 7) is -0.535. The van der Waals surface area contributed by atoms with Crippen molar-refractivity contribution in [3.63, 3.8) is 0 Å². The number of carboxylic acids is 1. The van der Waals surface area contributed by atoms with Crippen LogP contribution in [0.4, 0.5) is 0 Å². The third-order valence-corrected chi connectivity index (χ3v) is 6.66. The smallest absolute Gasteiger partial charge is 0.341 e. The zero-order chi connectivity index (χ0) is 20.8. The van der Waals surface area contributed by atoms with Gasteiger partial charge in [-0.3, -0.25) is 9.92 Å². The summed E-state index contributed by atoms with van der Waals surface area (Å²) in [7, 11) is -4.04. The van der Waals surface area contributed by atoms with Gasteiger partial charge in [0, 0.05) is 17.0 Å². The van der Waals surface area contributed by atoms with Gasteiger partial charge in [0.15, 0.2) is 23.8 Å². The molecule has 154 valence electrons. The van der Waals surface area contributed by atoms with Gasteiger partial charge >= 0.3 is 5.97 Å². The Hall–Kier alpha value is -2.33. The van der Waals surface area contributed by atoms with Crippen molar-refractivity contribution in [1.82, 2.24) is 0 Å². The highest BCUT2D eigenvalue weighted by atomic mass is 35.5. The first kappa shape index (κ1) is 20.0. The molecule has 0 saturated heterocycles. The van der Waals surface area contributed by atoms with Crippen molar-refractivity contribution in [1.29, 1.82) is 0 Å². The van der Waals surface area contributed by atoms with E-state index in [1.807, 2.05) is 0 Å². The molecule has 0 bridgehead atoms. The zero-order valence-electron chi connectivity index (χ0n) is 15.1. The minimum absolute atomic E-state index is 0.00546. The van der Waals surface area contributed by atoms with Crippen LogP contribution >= 0.6 is 11.6 Å². The predicted molar refractivity (Wildman–Crippen MR) is 103 cm³/mol. The van der Waals surface area contributed by atoms with E-state index in [9.17, 15) is 13.2 Å². The number of hydrogen-bond acceptors (Lipinski definition) is 7. The molecule has 0 radical (unpaired) electrons. The van der Waals surface area contributed by atoms with Crippen LogP contribution in [0.1, 0.15) is 24.3 Å². The third kappa shape index (κ3) is 3.66. The van der Waals surface area contributed by atoms with Crippen LogP contribution in [0.25, 0.3) is 0 Å². The summed E-state index contributed by atoms with van der Waals surface area (Å²) in [6, 6.07) is 10.7. The molecular weight excluding hydrogens is 422 g/mol. The van der Waals surface area contributed by atoms with Gasteiger partial charge in [0.05, 0.1) is 16.9 Å². The van der Waals surface area contributed by atoms with Gasteiger partial charge in [-0.05, 0) is 36.8 Å². The van der Waals surface area contributed by atoms with E-state index in [-0.39, 0.29) is 10.6 Å². The number of rotatable bonds is 6. The highest BCUT2D eigenvalue weighted by Gasteiger charge is 2.56. The number of benzene rings is 2. The van der Waals surface area contributed by atoms with E-state index in [0.717, 1.165) is 0 Å². The summed E-state index contributed by atoms with van der Waals surface area (Å²) in [5.74, 6) is -1.12.